The Bertz CT molecular complexity index is 1000. The van der Waals surface area contributed by atoms with Crippen molar-refractivity contribution in [3.63, 3.8) is 0 Å². The number of nitro benzene ring substituents is 1. The molecule has 0 fully saturated rings. The molecule has 0 aliphatic carbocycles. The summed E-state index contributed by atoms with van der Waals surface area (Å²) >= 11 is 0. The lowest BCUT2D eigenvalue weighted by atomic mass is 10.1. The van der Waals surface area contributed by atoms with Crippen molar-refractivity contribution in [3.8, 4) is 11.5 Å². The van der Waals surface area contributed by atoms with Crippen LogP contribution in [0.25, 0.3) is 0 Å². The lowest BCUT2D eigenvalue weighted by Gasteiger charge is -2.11. The van der Waals surface area contributed by atoms with Crippen molar-refractivity contribution in [3.05, 3.63) is 52.1 Å². The van der Waals surface area contributed by atoms with E-state index in [9.17, 15) is 23.3 Å². The van der Waals surface area contributed by atoms with E-state index in [2.05, 4.69) is 10.0 Å². The smallest absolute Gasteiger partial charge is 0.286 e. The number of ether oxygens (including phenoxy) is 2. The maximum atomic E-state index is 12.6. The molecule has 0 bridgehead atoms. The number of carbonyl (C=O) groups is 1. The molecule has 0 heterocycles. The summed E-state index contributed by atoms with van der Waals surface area (Å²) in [4.78, 5) is 23.3. The van der Waals surface area contributed by atoms with E-state index in [0.717, 1.165) is 6.07 Å². The van der Waals surface area contributed by atoms with Crippen LogP contribution in [0.3, 0.4) is 0 Å². The highest BCUT2D eigenvalue weighted by atomic mass is 32.2. The number of nitrogens with one attached hydrogen (secondary N) is 2. The number of amides is 1. The van der Waals surface area contributed by atoms with Gasteiger partial charge in [0.05, 0.1) is 30.1 Å². The number of hydrogen-bond acceptors (Lipinski definition) is 7. The van der Waals surface area contributed by atoms with E-state index in [1.54, 1.807) is 0 Å². The number of benzene rings is 2. The fourth-order valence-electron chi connectivity index (χ4n) is 2.44. The van der Waals surface area contributed by atoms with Crippen LogP contribution in [0.5, 0.6) is 11.5 Å². The van der Waals surface area contributed by atoms with E-state index < -0.39 is 26.5 Å². The molecule has 2 aromatic rings. The second-order valence-corrected chi connectivity index (χ2v) is 7.62. The van der Waals surface area contributed by atoms with E-state index in [0.29, 0.717) is 13.0 Å². The fourth-order valence-corrected chi connectivity index (χ4v) is 3.57. The van der Waals surface area contributed by atoms with E-state index in [-0.39, 0.29) is 27.6 Å². The van der Waals surface area contributed by atoms with Crippen molar-refractivity contribution in [2.45, 2.75) is 18.2 Å². The molecule has 2 aromatic carbocycles. The molecule has 11 heteroatoms. The van der Waals surface area contributed by atoms with Crippen molar-refractivity contribution >= 4 is 27.3 Å². The second-order valence-electron chi connectivity index (χ2n) is 5.86. The van der Waals surface area contributed by atoms with Crippen LogP contribution in [0.1, 0.15) is 23.7 Å². The zero-order valence-electron chi connectivity index (χ0n) is 16.1. The maximum Gasteiger partial charge on any atom is 0.286 e. The van der Waals surface area contributed by atoms with E-state index >= 15 is 0 Å². The van der Waals surface area contributed by atoms with Gasteiger partial charge in [-0.1, -0.05) is 6.92 Å². The summed E-state index contributed by atoms with van der Waals surface area (Å²) in [5.74, 6) is -0.478. The minimum atomic E-state index is -3.64. The third kappa shape index (κ3) is 5.21. The molecule has 0 spiro atoms. The van der Waals surface area contributed by atoms with Gasteiger partial charge in [0.25, 0.3) is 11.6 Å². The third-order valence-electron chi connectivity index (χ3n) is 3.91. The first kappa shape index (κ1) is 22.1. The molecule has 0 saturated carbocycles. The van der Waals surface area contributed by atoms with Crippen molar-refractivity contribution in [2.24, 2.45) is 0 Å². The van der Waals surface area contributed by atoms with Gasteiger partial charge in [-0.3, -0.25) is 14.9 Å². The molecule has 0 aliphatic rings. The van der Waals surface area contributed by atoms with Crippen LogP contribution in [0.2, 0.25) is 0 Å². The van der Waals surface area contributed by atoms with E-state index in [1.165, 1.54) is 44.6 Å². The van der Waals surface area contributed by atoms with Gasteiger partial charge in [-0.25, -0.2) is 13.1 Å². The summed E-state index contributed by atoms with van der Waals surface area (Å²) in [5, 5.41) is 13.9. The van der Waals surface area contributed by atoms with Gasteiger partial charge in [-0.05, 0) is 30.7 Å². The fraction of sp³-hybridized carbons (Fsp3) is 0.278. The minimum Gasteiger partial charge on any atom is -0.493 e. The van der Waals surface area contributed by atoms with Crippen LogP contribution in [0.15, 0.2) is 41.3 Å². The molecular formula is C18H21N3O7S. The molecule has 156 valence electrons. The van der Waals surface area contributed by atoms with Gasteiger partial charge in [0.1, 0.15) is 5.56 Å². The van der Waals surface area contributed by atoms with Gasteiger partial charge in [0.2, 0.25) is 10.0 Å². The van der Waals surface area contributed by atoms with Crippen molar-refractivity contribution in [2.75, 3.05) is 26.1 Å². The Morgan fingerprint density at radius 1 is 1.10 bits per heavy atom. The standard InChI is InChI=1S/C18H21N3O7S/c1-4-9-19-29(25,26)13-7-5-12(6-8-13)20-18(22)14-10-16(27-2)17(28-3)11-15(14)21(23)24/h5-8,10-11,19H,4,9H2,1-3H3,(H,20,22). The molecule has 0 saturated heterocycles. The van der Waals surface area contributed by atoms with Crippen LogP contribution >= 0.6 is 0 Å². The number of nitrogens with zero attached hydrogens (tertiary/aromatic N) is 1. The summed E-state index contributed by atoms with van der Waals surface area (Å²) in [6.07, 6.45) is 0.650. The summed E-state index contributed by atoms with van der Waals surface area (Å²) < 4.78 is 36.8. The van der Waals surface area contributed by atoms with Crippen molar-refractivity contribution in [1.82, 2.24) is 4.72 Å². The lowest BCUT2D eigenvalue weighted by Crippen LogP contribution is -2.24. The molecule has 0 aromatic heterocycles. The Morgan fingerprint density at radius 2 is 1.69 bits per heavy atom. The number of nitro groups is 1. The van der Waals surface area contributed by atoms with Gasteiger partial charge in [0.15, 0.2) is 11.5 Å². The summed E-state index contributed by atoms with van der Waals surface area (Å²) in [5.41, 5.74) is -0.411. The Morgan fingerprint density at radius 3 is 2.21 bits per heavy atom. The predicted octanol–water partition coefficient (Wildman–Crippen LogP) is 2.55. The molecule has 0 radical (unpaired) electrons. The highest BCUT2D eigenvalue weighted by Gasteiger charge is 2.25. The molecule has 0 aliphatic heterocycles. The maximum absolute atomic E-state index is 12.6. The van der Waals surface area contributed by atoms with Crippen LogP contribution in [-0.4, -0.2) is 40.0 Å². The Labute approximate surface area is 168 Å². The third-order valence-corrected chi connectivity index (χ3v) is 5.38. The molecule has 10 nitrogen and oxygen atoms in total. The number of carbonyl (C=O) groups excluding carboxylic acids is 1. The minimum absolute atomic E-state index is 0.0426. The van der Waals surface area contributed by atoms with Gasteiger partial charge in [-0.15, -0.1) is 0 Å². The topological polar surface area (TPSA) is 137 Å². The molecule has 0 atom stereocenters. The van der Waals surface area contributed by atoms with E-state index in [1.807, 2.05) is 6.92 Å². The zero-order valence-corrected chi connectivity index (χ0v) is 16.9. The summed E-state index contributed by atoms with van der Waals surface area (Å²) in [7, 11) is -0.967. The summed E-state index contributed by atoms with van der Waals surface area (Å²) in [6, 6.07) is 7.76. The highest BCUT2D eigenvalue weighted by molar-refractivity contribution is 7.89. The molecule has 0 unspecified atom stereocenters. The van der Waals surface area contributed by atoms with Gasteiger partial charge in [0, 0.05) is 18.3 Å². The molecular weight excluding hydrogens is 402 g/mol. The monoisotopic (exact) mass is 423 g/mol. The number of sulfonamides is 1. The van der Waals surface area contributed by atoms with Crippen molar-refractivity contribution < 1.29 is 27.6 Å². The van der Waals surface area contributed by atoms with Crippen LogP contribution < -0.4 is 19.5 Å². The second kappa shape index (κ2) is 9.34. The number of anilines is 1. The average molecular weight is 423 g/mol. The van der Waals surface area contributed by atoms with Crippen molar-refractivity contribution in [1.29, 1.82) is 0 Å². The van der Waals surface area contributed by atoms with Crippen LogP contribution in [0, 0.1) is 10.1 Å². The molecule has 2 rings (SSSR count). The number of hydrogen-bond donors (Lipinski definition) is 2. The summed E-state index contributed by atoms with van der Waals surface area (Å²) in [6.45, 7) is 2.15. The highest BCUT2D eigenvalue weighted by Crippen LogP contribution is 2.34. The molecule has 2 N–H and O–H groups in total. The SMILES string of the molecule is CCCNS(=O)(=O)c1ccc(NC(=O)c2cc(OC)c(OC)cc2[N+](=O)[O-])cc1. The quantitative estimate of drug-likeness (QED) is 0.467. The predicted molar refractivity (Wildman–Crippen MR) is 106 cm³/mol. The Kier molecular flexibility index (Phi) is 7.13. The zero-order chi connectivity index (χ0) is 21.6. The normalized spacial score (nSPS) is 11.0. The van der Waals surface area contributed by atoms with Crippen LogP contribution in [0.4, 0.5) is 11.4 Å². The van der Waals surface area contributed by atoms with Gasteiger partial charge < -0.3 is 14.8 Å². The lowest BCUT2D eigenvalue weighted by molar-refractivity contribution is -0.385. The molecule has 29 heavy (non-hydrogen) atoms. The first-order valence-electron chi connectivity index (χ1n) is 8.55. The Hall–Kier alpha value is -3.18. The van der Waals surface area contributed by atoms with E-state index in [4.69, 9.17) is 9.47 Å². The van der Waals surface area contributed by atoms with Crippen LogP contribution in [-0.2, 0) is 10.0 Å². The Balaban J connectivity index is 2.29. The largest absolute Gasteiger partial charge is 0.493 e. The number of rotatable bonds is 9. The average Bonchev–Trinajstić information content (AvgIpc) is 2.71. The van der Waals surface area contributed by atoms with Gasteiger partial charge >= 0.3 is 0 Å². The first-order valence-corrected chi connectivity index (χ1v) is 10.0. The first-order chi connectivity index (χ1) is 13.7. The molecule has 1 amide bonds. The van der Waals surface area contributed by atoms with Gasteiger partial charge in [-0.2, -0.15) is 0 Å². The number of methoxy groups -OCH3 is 2.